The van der Waals surface area contributed by atoms with E-state index in [4.69, 9.17) is 20.2 Å². The van der Waals surface area contributed by atoms with Crippen molar-refractivity contribution < 1.29 is 9.47 Å². The number of benzene rings is 2. The number of hydrogen-bond donors (Lipinski definition) is 1. The second kappa shape index (κ2) is 8.78. The number of nitrogens with zero attached hydrogens (tertiary/aromatic N) is 3. The zero-order valence-electron chi connectivity index (χ0n) is 17.1. The fourth-order valence-corrected chi connectivity index (χ4v) is 3.35. The van der Waals surface area contributed by atoms with Gasteiger partial charge in [0.15, 0.2) is 11.5 Å². The van der Waals surface area contributed by atoms with Gasteiger partial charge in [0.2, 0.25) is 5.95 Å². The van der Waals surface area contributed by atoms with Crippen LogP contribution in [0.4, 0.5) is 5.95 Å². The Kier molecular flexibility index (Phi) is 5.75. The maximum Gasteiger partial charge on any atom is 0.220 e. The van der Waals surface area contributed by atoms with E-state index in [1.54, 1.807) is 7.11 Å². The first kappa shape index (κ1) is 19.6. The van der Waals surface area contributed by atoms with Crippen molar-refractivity contribution >= 4 is 17.0 Å². The van der Waals surface area contributed by atoms with E-state index in [0.717, 1.165) is 46.4 Å². The molecule has 2 N–H and O–H groups in total. The molecule has 0 saturated carbocycles. The van der Waals surface area contributed by atoms with E-state index in [1.165, 1.54) is 0 Å². The molecule has 2 aromatic heterocycles. The van der Waals surface area contributed by atoms with Crippen LogP contribution in [0.5, 0.6) is 11.5 Å². The monoisotopic (exact) mass is 400 g/mol. The number of aryl methyl sites for hydroxylation is 1. The number of ether oxygens (including phenoxy) is 2. The van der Waals surface area contributed by atoms with Crippen LogP contribution in [0.3, 0.4) is 0 Å². The molecule has 152 valence electrons. The first-order valence-electron chi connectivity index (χ1n) is 9.96. The summed E-state index contributed by atoms with van der Waals surface area (Å²) in [6.07, 6.45) is 1.76. The summed E-state index contributed by atoms with van der Waals surface area (Å²) in [5.41, 5.74) is 11.1. The van der Waals surface area contributed by atoms with Crippen molar-refractivity contribution in [3.05, 3.63) is 71.9 Å². The van der Waals surface area contributed by atoms with Crippen molar-refractivity contribution in [1.82, 2.24) is 15.0 Å². The third-order valence-corrected chi connectivity index (χ3v) is 4.82. The summed E-state index contributed by atoms with van der Waals surface area (Å²) in [4.78, 5) is 13.6. The molecule has 0 aliphatic heterocycles. The summed E-state index contributed by atoms with van der Waals surface area (Å²) in [6.45, 7) is 2.56. The largest absolute Gasteiger partial charge is 0.493 e. The maximum absolute atomic E-state index is 6.05. The van der Waals surface area contributed by atoms with E-state index < -0.39 is 0 Å². The predicted molar refractivity (Wildman–Crippen MR) is 119 cm³/mol. The fourth-order valence-electron chi connectivity index (χ4n) is 3.35. The van der Waals surface area contributed by atoms with Gasteiger partial charge in [-0.25, -0.2) is 15.0 Å². The van der Waals surface area contributed by atoms with E-state index in [2.05, 4.69) is 16.9 Å². The normalized spacial score (nSPS) is 10.9. The van der Waals surface area contributed by atoms with Crippen LogP contribution in [0, 0.1) is 0 Å². The minimum Gasteiger partial charge on any atom is -0.493 e. The van der Waals surface area contributed by atoms with E-state index in [-0.39, 0.29) is 5.95 Å². The molecule has 0 atom stereocenters. The van der Waals surface area contributed by atoms with Crippen molar-refractivity contribution in [3.8, 4) is 22.8 Å². The zero-order chi connectivity index (χ0) is 20.9. The van der Waals surface area contributed by atoms with Gasteiger partial charge in [-0.1, -0.05) is 43.7 Å². The molecule has 30 heavy (non-hydrogen) atoms. The summed E-state index contributed by atoms with van der Waals surface area (Å²) < 4.78 is 11.5. The highest BCUT2D eigenvalue weighted by atomic mass is 16.5. The standard InChI is InChI=1S/C24H24N4O2/c1-3-7-19-23-20(28-24(25)27-19)12-11-18(26-23)17-10-13-21(29-2)22(14-17)30-15-16-8-5-4-6-9-16/h4-6,8-14H,3,7,15H2,1-2H3,(H2,25,27,28). The molecular weight excluding hydrogens is 376 g/mol. The summed E-state index contributed by atoms with van der Waals surface area (Å²) >= 11 is 0. The van der Waals surface area contributed by atoms with Gasteiger partial charge in [-0.15, -0.1) is 0 Å². The molecule has 0 spiro atoms. The Hall–Kier alpha value is -3.67. The molecule has 0 amide bonds. The SMILES string of the molecule is CCCc1nc(N)nc2ccc(-c3ccc(OC)c(OCc4ccccc4)c3)nc12. The van der Waals surface area contributed by atoms with E-state index in [0.29, 0.717) is 18.1 Å². The van der Waals surface area contributed by atoms with E-state index in [9.17, 15) is 0 Å². The topological polar surface area (TPSA) is 83.2 Å². The number of fused-ring (bicyclic) bond motifs is 1. The van der Waals surface area contributed by atoms with Crippen molar-refractivity contribution in [2.75, 3.05) is 12.8 Å². The molecule has 2 aromatic carbocycles. The minimum atomic E-state index is 0.279. The molecule has 0 aliphatic carbocycles. The molecule has 6 heteroatoms. The lowest BCUT2D eigenvalue weighted by Gasteiger charge is -2.13. The van der Waals surface area contributed by atoms with Crippen molar-refractivity contribution in [1.29, 1.82) is 0 Å². The maximum atomic E-state index is 6.05. The fraction of sp³-hybridized carbons (Fsp3) is 0.208. The lowest BCUT2D eigenvalue weighted by atomic mass is 10.1. The number of hydrogen-bond acceptors (Lipinski definition) is 6. The average molecular weight is 400 g/mol. The summed E-state index contributed by atoms with van der Waals surface area (Å²) in [5.74, 6) is 1.63. The van der Waals surface area contributed by atoms with Gasteiger partial charge in [0, 0.05) is 5.56 Å². The Bertz CT molecular complexity index is 1160. The Morgan fingerprint density at radius 1 is 0.900 bits per heavy atom. The third kappa shape index (κ3) is 4.17. The first-order valence-corrected chi connectivity index (χ1v) is 9.96. The minimum absolute atomic E-state index is 0.279. The van der Waals surface area contributed by atoms with Gasteiger partial charge in [-0.2, -0.15) is 0 Å². The molecule has 0 aliphatic rings. The van der Waals surface area contributed by atoms with Gasteiger partial charge < -0.3 is 15.2 Å². The molecule has 4 rings (SSSR count). The second-order valence-corrected chi connectivity index (χ2v) is 6.98. The van der Waals surface area contributed by atoms with Crippen molar-refractivity contribution in [2.24, 2.45) is 0 Å². The summed E-state index contributed by atoms with van der Waals surface area (Å²) in [6, 6.07) is 19.7. The van der Waals surface area contributed by atoms with Crippen molar-refractivity contribution in [3.63, 3.8) is 0 Å². The molecule has 0 unspecified atom stereocenters. The predicted octanol–water partition coefficient (Wildman–Crippen LogP) is 4.81. The van der Waals surface area contributed by atoms with Gasteiger partial charge in [0.25, 0.3) is 0 Å². The average Bonchev–Trinajstić information content (AvgIpc) is 2.78. The van der Waals surface area contributed by atoms with Crippen LogP contribution in [-0.4, -0.2) is 22.1 Å². The molecule has 0 radical (unpaired) electrons. The van der Waals surface area contributed by atoms with Gasteiger partial charge in [0.05, 0.1) is 24.0 Å². The van der Waals surface area contributed by atoms with Crippen LogP contribution in [0.25, 0.3) is 22.3 Å². The van der Waals surface area contributed by atoms with Crippen LogP contribution in [-0.2, 0) is 13.0 Å². The number of anilines is 1. The quantitative estimate of drug-likeness (QED) is 0.479. The van der Waals surface area contributed by atoms with E-state index in [1.807, 2.05) is 60.7 Å². The molecule has 4 aromatic rings. The van der Waals surface area contributed by atoms with Crippen LogP contribution < -0.4 is 15.2 Å². The highest BCUT2D eigenvalue weighted by Gasteiger charge is 2.12. The van der Waals surface area contributed by atoms with Gasteiger partial charge >= 0.3 is 0 Å². The number of rotatable bonds is 7. The molecule has 2 heterocycles. The molecule has 0 fully saturated rings. The summed E-state index contributed by atoms with van der Waals surface area (Å²) in [7, 11) is 1.64. The van der Waals surface area contributed by atoms with Crippen LogP contribution in [0.2, 0.25) is 0 Å². The molecule has 0 saturated heterocycles. The van der Waals surface area contributed by atoms with E-state index >= 15 is 0 Å². The Labute approximate surface area is 175 Å². The van der Waals surface area contributed by atoms with Gasteiger partial charge in [-0.05, 0) is 42.3 Å². The lowest BCUT2D eigenvalue weighted by molar-refractivity contribution is 0.284. The summed E-state index contributed by atoms with van der Waals surface area (Å²) in [5, 5.41) is 0. The molecular formula is C24H24N4O2. The Morgan fingerprint density at radius 2 is 1.73 bits per heavy atom. The smallest absolute Gasteiger partial charge is 0.220 e. The molecule has 0 bridgehead atoms. The van der Waals surface area contributed by atoms with Gasteiger partial charge in [-0.3, -0.25) is 0 Å². The number of pyridine rings is 1. The molecule has 6 nitrogen and oxygen atoms in total. The second-order valence-electron chi connectivity index (χ2n) is 6.98. The number of methoxy groups -OCH3 is 1. The lowest BCUT2D eigenvalue weighted by Crippen LogP contribution is -2.02. The zero-order valence-corrected chi connectivity index (χ0v) is 17.1. The third-order valence-electron chi connectivity index (χ3n) is 4.82. The Morgan fingerprint density at radius 3 is 2.50 bits per heavy atom. The number of nitrogen functional groups attached to an aromatic ring is 1. The number of nitrogens with two attached hydrogens (primary N) is 1. The van der Waals surface area contributed by atoms with Crippen LogP contribution in [0.15, 0.2) is 60.7 Å². The van der Waals surface area contributed by atoms with Crippen molar-refractivity contribution in [2.45, 2.75) is 26.4 Å². The Balaban J connectivity index is 1.70. The van der Waals surface area contributed by atoms with Crippen LogP contribution >= 0.6 is 0 Å². The first-order chi connectivity index (χ1) is 14.7. The van der Waals surface area contributed by atoms with Gasteiger partial charge in [0.1, 0.15) is 12.1 Å². The highest BCUT2D eigenvalue weighted by molar-refractivity contribution is 5.81. The number of aromatic nitrogens is 3. The van der Waals surface area contributed by atoms with Crippen LogP contribution in [0.1, 0.15) is 24.6 Å². The highest BCUT2D eigenvalue weighted by Crippen LogP contribution is 2.33.